The van der Waals surface area contributed by atoms with Crippen LogP contribution in [0.2, 0.25) is 0 Å². The van der Waals surface area contributed by atoms with Gasteiger partial charge in [0.05, 0.1) is 6.04 Å². The molecule has 0 saturated carbocycles. The SMILES string of the molecule is CCCCNC(=O)[C@@H](N)Cc1c[nH]c2ccccc12.Cl. The summed E-state index contributed by atoms with van der Waals surface area (Å²) in [6.07, 6.45) is 4.55. The predicted octanol–water partition coefficient (Wildman–Crippen LogP) is 2.38. The topological polar surface area (TPSA) is 70.9 Å². The van der Waals surface area contributed by atoms with Crippen molar-refractivity contribution < 1.29 is 4.79 Å². The van der Waals surface area contributed by atoms with E-state index in [2.05, 4.69) is 17.2 Å². The molecule has 1 aromatic carbocycles. The Labute approximate surface area is 125 Å². The van der Waals surface area contributed by atoms with Crippen LogP contribution in [-0.2, 0) is 11.2 Å². The number of hydrogen-bond acceptors (Lipinski definition) is 2. The lowest BCUT2D eigenvalue weighted by atomic mass is 10.1. The molecule has 4 nitrogen and oxygen atoms in total. The molecule has 4 N–H and O–H groups in total. The quantitative estimate of drug-likeness (QED) is 0.716. The fraction of sp³-hybridized carbons (Fsp3) is 0.400. The number of hydrogen-bond donors (Lipinski definition) is 3. The third-order valence-corrected chi connectivity index (χ3v) is 3.28. The summed E-state index contributed by atoms with van der Waals surface area (Å²) in [5, 5.41) is 4.01. The van der Waals surface area contributed by atoms with E-state index in [-0.39, 0.29) is 18.3 Å². The van der Waals surface area contributed by atoms with Crippen molar-refractivity contribution in [3.63, 3.8) is 0 Å². The molecule has 0 radical (unpaired) electrons. The molecule has 2 aromatic rings. The molecule has 1 aromatic heterocycles. The van der Waals surface area contributed by atoms with E-state index in [1.807, 2.05) is 30.5 Å². The van der Waals surface area contributed by atoms with Gasteiger partial charge in [0.15, 0.2) is 0 Å². The largest absolute Gasteiger partial charge is 0.361 e. The number of nitrogens with one attached hydrogen (secondary N) is 2. The lowest BCUT2D eigenvalue weighted by molar-refractivity contribution is -0.122. The van der Waals surface area contributed by atoms with E-state index < -0.39 is 6.04 Å². The van der Waals surface area contributed by atoms with Gasteiger partial charge in [-0.3, -0.25) is 4.79 Å². The van der Waals surface area contributed by atoms with Gasteiger partial charge < -0.3 is 16.0 Å². The smallest absolute Gasteiger partial charge is 0.237 e. The van der Waals surface area contributed by atoms with Crippen LogP contribution in [0.1, 0.15) is 25.3 Å². The van der Waals surface area contributed by atoms with Crippen molar-refractivity contribution in [2.75, 3.05) is 6.54 Å². The zero-order chi connectivity index (χ0) is 13.7. The summed E-state index contributed by atoms with van der Waals surface area (Å²) in [6.45, 7) is 2.80. The molecule has 0 unspecified atom stereocenters. The number of para-hydroxylation sites is 1. The Morgan fingerprint density at radius 3 is 2.90 bits per heavy atom. The van der Waals surface area contributed by atoms with Crippen molar-refractivity contribution >= 4 is 29.2 Å². The highest BCUT2D eigenvalue weighted by atomic mass is 35.5. The van der Waals surface area contributed by atoms with E-state index >= 15 is 0 Å². The number of nitrogens with two attached hydrogens (primary N) is 1. The lowest BCUT2D eigenvalue weighted by Crippen LogP contribution is -2.42. The van der Waals surface area contributed by atoms with E-state index in [1.54, 1.807) is 0 Å². The second-order valence-electron chi connectivity index (χ2n) is 4.81. The number of aromatic amines is 1. The minimum atomic E-state index is -0.490. The molecule has 0 fully saturated rings. The first-order valence-electron chi connectivity index (χ1n) is 6.80. The van der Waals surface area contributed by atoms with Crippen LogP contribution in [0, 0.1) is 0 Å². The molecule has 0 saturated heterocycles. The molecule has 1 amide bonds. The highest BCUT2D eigenvalue weighted by Gasteiger charge is 2.15. The van der Waals surface area contributed by atoms with Crippen molar-refractivity contribution in [3.05, 3.63) is 36.0 Å². The summed E-state index contributed by atoms with van der Waals surface area (Å²) in [5.74, 6) is -0.0706. The first-order valence-corrected chi connectivity index (χ1v) is 6.80. The van der Waals surface area contributed by atoms with Crippen molar-refractivity contribution in [1.82, 2.24) is 10.3 Å². The number of H-pyrrole nitrogens is 1. The summed E-state index contributed by atoms with van der Waals surface area (Å²) in [7, 11) is 0. The number of benzene rings is 1. The van der Waals surface area contributed by atoms with Crippen LogP contribution >= 0.6 is 12.4 Å². The van der Waals surface area contributed by atoms with E-state index in [9.17, 15) is 4.79 Å². The Bertz CT molecular complexity index is 553. The van der Waals surface area contributed by atoms with Crippen LogP contribution in [0.15, 0.2) is 30.5 Å². The molecule has 0 aliphatic rings. The molecule has 1 atom stereocenters. The van der Waals surface area contributed by atoms with Gasteiger partial charge >= 0.3 is 0 Å². The summed E-state index contributed by atoms with van der Waals surface area (Å²) in [4.78, 5) is 15.0. The van der Waals surface area contributed by atoms with Gasteiger partial charge in [0.1, 0.15) is 0 Å². The number of unbranched alkanes of at least 4 members (excludes halogenated alkanes) is 1. The maximum atomic E-state index is 11.8. The second-order valence-corrected chi connectivity index (χ2v) is 4.81. The normalized spacial score (nSPS) is 11.9. The van der Waals surface area contributed by atoms with Crippen LogP contribution in [0.3, 0.4) is 0 Å². The molecular weight excluding hydrogens is 274 g/mol. The Morgan fingerprint density at radius 1 is 1.40 bits per heavy atom. The summed E-state index contributed by atoms with van der Waals surface area (Å²) < 4.78 is 0. The number of carbonyl (C=O) groups is 1. The Hall–Kier alpha value is -1.52. The fourth-order valence-corrected chi connectivity index (χ4v) is 2.15. The predicted molar refractivity (Wildman–Crippen MR) is 85.1 cm³/mol. The monoisotopic (exact) mass is 295 g/mol. The molecule has 5 heteroatoms. The molecule has 20 heavy (non-hydrogen) atoms. The molecule has 110 valence electrons. The van der Waals surface area contributed by atoms with Crippen molar-refractivity contribution in [3.8, 4) is 0 Å². The van der Waals surface area contributed by atoms with Gasteiger partial charge in [0.2, 0.25) is 5.91 Å². The highest BCUT2D eigenvalue weighted by molar-refractivity contribution is 5.86. The zero-order valence-corrected chi connectivity index (χ0v) is 12.5. The molecule has 0 bridgehead atoms. The fourth-order valence-electron chi connectivity index (χ4n) is 2.15. The first kappa shape index (κ1) is 16.5. The Morgan fingerprint density at radius 2 is 2.15 bits per heavy atom. The van der Waals surface area contributed by atoms with Gasteiger partial charge in [0, 0.05) is 23.6 Å². The first-order chi connectivity index (χ1) is 9.22. The average molecular weight is 296 g/mol. The van der Waals surface area contributed by atoms with Crippen LogP contribution in [0.5, 0.6) is 0 Å². The van der Waals surface area contributed by atoms with Gasteiger partial charge in [0.25, 0.3) is 0 Å². The molecule has 1 heterocycles. The summed E-state index contributed by atoms with van der Waals surface area (Å²) in [5.41, 5.74) is 8.13. The second kappa shape index (κ2) is 7.92. The van der Waals surface area contributed by atoms with Crippen molar-refractivity contribution in [1.29, 1.82) is 0 Å². The van der Waals surface area contributed by atoms with Gasteiger partial charge in [-0.05, 0) is 24.5 Å². The number of aromatic nitrogens is 1. The van der Waals surface area contributed by atoms with Crippen LogP contribution in [0.4, 0.5) is 0 Å². The van der Waals surface area contributed by atoms with E-state index in [0.717, 1.165) is 29.3 Å². The molecular formula is C15H22ClN3O. The lowest BCUT2D eigenvalue weighted by Gasteiger charge is -2.11. The van der Waals surface area contributed by atoms with Gasteiger partial charge in [-0.25, -0.2) is 0 Å². The van der Waals surface area contributed by atoms with Crippen LogP contribution < -0.4 is 11.1 Å². The maximum Gasteiger partial charge on any atom is 0.237 e. The van der Waals surface area contributed by atoms with Crippen molar-refractivity contribution in [2.45, 2.75) is 32.2 Å². The van der Waals surface area contributed by atoms with Gasteiger partial charge in [-0.1, -0.05) is 31.5 Å². The van der Waals surface area contributed by atoms with E-state index in [4.69, 9.17) is 5.73 Å². The number of amides is 1. The third kappa shape index (κ3) is 3.99. The summed E-state index contributed by atoms with van der Waals surface area (Å²) >= 11 is 0. The summed E-state index contributed by atoms with van der Waals surface area (Å²) in [6, 6.07) is 7.55. The van der Waals surface area contributed by atoms with Crippen LogP contribution in [0.25, 0.3) is 10.9 Å². The Kier molecular flexibility index (Phi) is 6.55. The van der Waals surface area contributed by atoms with Gasteiger partial charge in [-0.2, -0.15) is 0 Å². The standard InChI is InChI=1S/C15H21N3O.ClH/c1-2-3-8-17-15(19)13(16)9-11-10-18-14-7-5-4-6-12(11)14;/h4-7,10,13,18H,2-3,8-9,16H2,1H3,(H,17,19);1H/t13-;/m0./s1. The number of rotatable bonds is 6. The Balaban J connectivity index is 0.00000200. The minimum absolute atomic E-state index is 0. The molecule has 0 aliphatic carbocycles. The molecule has 0 spiro atoms. The molecule has 0 aliphatic heterocycles. The van der Waals surface area contributed by atoms with E-state index in [1.165, 1.54) is 0 Å². The number of fused-ring (bicyclic) bond motifs is 1. The molecule has 2 rings (SSSR count). The number of halogens is 1. The minimum Gasteiger partial charge on any atom is -0.361 e. The van der Waals surface area contributed by atoms with Crippen molar-refractivity contribution in [2.24, 2.45) is 5.73 Å². The number of carbonyl (C=O) groups excluding carboxylic acids is 1. The van der Waals surface area contributed by atoms with E-state index in [0.29, 0.717) is 13.0 Å². The zero-order valence-electron chi connectivity index (χ0n) is 11.7. The highest BCUT2D eigenvalue weighted by Crippen LogP contribution is 2.18. The van der Waals surface area contributed by atoms with Crippen LogP contribution in [-0.4, -0.2) is 23.5 Å². The maximum absolute atomic E-state index is 11.8. The van der Waals surface area contributed by atoms with Gasteiger partial charge in [-0.15, -0.1) is 12.4 Å². The third-order valence-electron chi connectivity index (χ3n) is 3.28. The average Bonchev–Trinajstić information content (AvgIpc) is 2.82.